The van der Waals surface area contributed by atoms with Crippen molar-refractivity contribution >= 4 is 27.3 Å². The average molecular weight is 288 g/mol. The summed E-state index contributed by atoms with van der Waals surface area (Å²) < 4.78 is 23.8. The van der Waals surface area contributed by atoms with Crippen molar-refractivity contribution in [3.8, 4) is 0 Å². The lowest BCUT2D eigenvalue weighted by molar-refractivity contribution is -0.118. The largest absolute Gasteiger partial charge is 0.354 e. The summed E-state index contributed by atoms with van der Waals surface area (Å²) in [5.41, 5.74) is 0.790. The van der Waals surface area contributed by atoms with Crippen LogP contribution in [0.4, 0.5) is 0 Å². The van der Waals surface area contributed by atoms with Crippen LogP contribution in [0.25, 0.3) is 0 Å². The molecule has 0 spiro atoms. The number of halogens is 1. The van der Waals surface area contributed by atoms with Gasteiger partial charge in [-0.1, -0.05) is 18.2 Å². The third-order valence-electron chi connectivity index (χ3n) is 3.10. The molecule has 1 aliphatic rings. The van der Waals surface area contributed by atoms with E-state index in [2.05, 4.69) is 5.32 Å². The SMILES string of the molecule is O=C(CCl)NCC1CCS(=O)(=O)c2ccccc21. The minimum absolute atomic E-state index is 0.0388. The predicted molar refractivity (Wildman–Crippen MR) is 69.6 cm³/mol. The van der Waals surface area contributed by atoms with Gasteiger partial charge in [0.25, 0.3) is 0 Å². The lowest BCUT2D eigenvalue weighted by Gasteiger charge is -2.25. The minimum atomic E-state index is -3.16. The van der Waals surface area contributed by atoms with Crippen LogP contribution < -0.4 is 5.32 Å². The fourth-order valence-electron chi connectivity index (χ4n) is 2.16. The van der Waals surface area contributed by atoms with Gasteiger partial charge in [0.15, 0.2) is 9.84 Å². The van der Waals surface area contributed by atoms with Gasteiger partial charge in [-0.15, -0.1) is 11.6 Å². The van der Waals surface area contributed by atoms with Gasteiger partial charge >= 0.3 is 0 Å². The summed E-state index contributed by atoms with van der Waals surface area (Å²) in [7, 11) is -3.16. The number of fused-ring (bicyclic) bond motifs is 1. The van der Waals surface area contributed by atoms with Crippen molar-refractivity contribution in [2.75, 3.05) is 18.2 Å². The van der Waals surface area contributed by atoms with E-state index >= 15 is 0 Å². The molecule has 1 atom stereocenters. The molecule has 0 bridgehead atoms. The predicted octanol–water partition coefficient (Wildman–Crippen LogP) is 1.30. The first-order valence-electron chi connectivity index (χ1n) is 5.69. The highest BCUT2D eigenvalue weighted by molar-refractivity contribution is 7.91. The van der Waals surface area contributed by atoms with E-state index in [1.54, 1.807) is 12.1 Å². The first kappa shape index (κ1) is 13.4. The lowest BCUT2D eigenvalue weighted by Crippen LogP contribution is -2.32. The summed E-state index contributed by atoms with van der Waals surface area (Å²) in [5.74, 6) is -0.141. The van der Waals surface area contributed by atoms with Crippen LogP contribution in [0.5, 0.6) is 0 Å². The Balaban J connectivity index is 2.23. The topological polar surface area (TPSA) is 63.2 Å². The molecule has 98 valence electrons. The molecule has 6 heteroatoms. The second-order valence-corrected chi connectivity index (χ2v) is 6.62. The van der Waals surface area contributed by atoms with Crippen LogP contribution in [0.15, 0.2) is 29.2 Å². The molecule has 0 aliphatic carbocycles. The van der Waals surface area contributed by atoms with Gasteiger partial charge in [-0.3, -0.25) is 4.79 Å². The molecule has 0 aromatic heterocycles. The molecule has 1 heterocycles. The molecule has 1 N–H and O–H groups in total. The van der Waals surface area contributed by atoms with Crippen molar-refractivity contribution in [2.24, 2.45) is 0 Å². The van der Waals surface area contributed by atoms with Gasteiger partial charge in [-0.2, -0.15) is 0 Å². The van der Waals surface area contributed by atoms with Gasteiger partial charge in [0.2, 0.25) is 5.91 Å². The van der Waals surface area contributed by atoms with Crippen LogP contribution in [0.1, 0.15) is 17.9 Å². The molecule has 1 amide bonds. The smallest absolute Gasteiger partial charge is 0.234 e. The van der Waals surface area contributed by atoms with Gasteiger partial charge < -0.3 is 5.32 Å². The third-order valence-corrected chi connectivity index (χ3v) is 5.15. The summed E-state index contributed by atoms with van der Waals surface area (Å²) in [6.45, 7) is 0.429. The molecular formula is C12H14ClNO3S. The van der Waals surface area contributed by atoms with Crippen LogP contribution in [0, 0.1) is 0 Å². The first-order valence-corrected chi connectivity index (χ1v) is 7.87. The van der Waals surface area contributed by atoms with Crippen LogP contribution in [0.3, 0.4) is 0 Å². The van der Waals surface area contributed by atoms with Crippen LogP contribution in [-0.4, -0.2) is 32.5 Å². The molecule has 1 aromatic carbocycles. The summed E-state index contributed by atoms with van der Waals surface area (Å²) in [4.78, 5) is 11.5. The van der Waals surface area contributed by atoms with Crippen molar-refractivity contribution in [3.05, 3.63) is 29.8 Å². The number of rotatable bonds is 3. The highest BCUT2D eigenvalue weighted by Crippen LogP contribution is 2.32. The first-order chi connectivity index (χ1) is 8.54. The van der Waals surface area contributed by atoms with Gasteiger partial charge in [0.1, 0.15) is 5.88 Å². The Labute approximate surface area is 111 Å². The standard InChI is InChI=1S/C12H14ClNO3S/c13-7-12(15)14-8-9-5-6-18(16,17)11-4-2-1-3-10(9)11/h1-4,9H,5-8H2,(H,14,15). The fraction of sp³-hybridized carbons (Fsp3) is 0.417. The summed E-state index contributed by atoms with van der Waals surface area (Å²) in [6, 6.07) is 6.97. The zero-order valence-electron chi connectivity index (χ0n) is 9.73. The number of hydrogen-bond donors (Lipinski definition) is 1. The Hall–Kier alpha value is -1.07. The Morgan fingerprint density at radius 3 is 2.83 bits per heavy atom. The summed E-state index contributed by atoms with van der Waals surface area (Å²) >= 11 is 5.41. The molecular weight excluding hydrogens is 274 g/mol. The van der Waals surface area contributed by atoms with E-state index in [1.807, 2.05) is 12.1 Å². The Morgan fingerprint density at radius 2 is 2.11 bits per heavy atom. The molecule has 1 unspecified atom stereocenters. The van der Waals surface area contributed by atoms with E-state index in [1.165, 1.54) is 0 Å². The molecule has 1 aromatic rings. The molecule has 0 radical (unpaired) electrons. The summed E-state index contributed by atoms with van der Waals surface area (Å²) in [5, 5.41) is 2.70. The maximum absolute atomic E-state index is 11.9. The van der Waals surface area contributed by atoms with E-state index in [0.29, 0.717) is 17.9 Å². The molecule has 0 fully saturated rings. The van der Waals surface area contributed by atoms with Gasteiger partial charge in [-0.05, 0) is 18.1 Å². The minimum Gasteiger partial charge on any atom is -0.354 e. The number of alkyl halides is 1. The van der Waals surface area contributed by atoms with Crippen molar-refractivity contribution < 1.29 is 13.2 Å². The Bertz CT molecular complexity index is 556. The highest BCUT2D eigenvalue weighted by Gasteiger charge is 2.29. The number of hydrogen-bond acceptors (Lipinski definition) is 3. The average Bonchev–Trinajstić information content (AvgIpc) is 2.38. The number of carbonyl (C=O) groups is 1. The van der Waals surface area contributed by atoms with Crippen molar-refractivity contribution in [1.82, 2.24) is 5.32 Å². The molecule has 0 saturated carbocycles. The van der Waals surface area contributed by atoms with Crippen molar-refractivity contribution in [3.63, 3.8) is 0 Å². The van der Waals surface area contributed by atoms with Crippen molar-refractivity contribution in [2.45, 2.75) is 17.2 Å². The zero-order valence-corrected chi connectivity index (χ0v) is 11.3. The van der Waals surface area contributed by atoms with E-state index in [-0.39, 0.29) is 23.5 Å². The number of benzene rings is 1. The number of amides is 1. The van der Waals surface area contributed by atoms with E-state index in [4.69, 9.17) is 11.6 Å². The lowest BCUT2D eigenvalue weighted by atomic mass is 9.96. The molecule has 1 aliphatic heterocycles. The molecule has 18 heavy (non-hydrogen) atoms. The summed E-state index contributed by atoms with van der Waals surface area (Å²) in [6.07, 6.45) is 0.530. The molecule has 4 nitrogen and oxygen atoms in total. The Morgan fingerprint density at radius 1 is 1.39 bits per heavy atom. The van der Waals surface area contributed by atoms with E-state index in [0.717, 1.165) is 5.56 Å². The Kier molecular flexibility index (Phi) is 3.92. The normalized spacial score (nSPS) is 21.1. The second-order valence-electron chi connectivity index (χ2n) is 4.28. The van der Waals surface area contributed by atoms with Crippen molar-refractivity contribution in [1.29, 1.82) is 0 Å². The maximum Gasteiger partial charge on any atom is 0.234 e. The van der Waals surface area contributed by atoms with Gasteiger partial charge in [0.05, 0.1) is 10.6 Å². The van der Waals surface area contributed by atoms with Crippen LogP contribution >= 0.6 is 11.6 Å². The highest BCUT2D eigenvalue weighted by atomic mass is 35.5. The third kappa shape index (κ3) is 2.67. The number of carbonyl (C=O) groups excluding carboxylic acids is 1. The van der Waals surface area contributed by atoms with Crippen LogP contribution in [-0.2, 0) is 14.6 Å². The van der Waals surface area contributed by atoms with Crippen LogP contribution in [0.2, 0.25) is 0 Å². The number of nitrogens with one attached hydrogen (secondary N) is 1. The van der Waals surface area contributed by atoms with E-state index in [9.17, 15) is 13.2 Å². The number of sulfone groups is 1. The van der Waals surface area contributed by atoms with Gasteiger partial charge in [-0.25, -0.2) is 8.42 Å². The molecule has 0 saturated heterocycles. The fourth-order valence-corrected chi connectivity index (χ4v) is 3.95. The zero-order chi connectivity index (χ0) is 13.2. The quantitative estimate of drug-likeness (QED) is 0.853. The maximum atomic E-state index is 11.9. The van der Waals surface area contributed by atoms with Gasteiger partial charge in [0, 0.05) is 12.5 Å². The second kappa shape index (κ2) is 5.28. The molecule has 2 rings (SSSR count). The van der Waals surface area contributed by atoms with E-state index < -0.39 is 9.84 Å². The monoisotopic (exact) mass is 287 g/mol.